The maximum Gasteiger partial charge on any atom is 0.0682 e. The Hall–Kier alpha value is -5.45. The van der Waals surface area contributed by atoms with E-state index in [2.05, 4.69) is 284 Å². The van der Waals surface area contributed by atoms with Crippen molar-refractivity contribution < 1.29 is 0 Å². The van der Waals surface area contributed by atoms with Gasteiger partial charge in [0.1, 0.15) is 0 Å². The number of aryl methyl sites for hydroxylation is 2. The van der Waals surface area contributed by atoms with Gasteiger partial charge in [-0.05, 0) is 135 Å². The molecule has 0 amide bonds. The van der Waals surface area contributed by atoms with Gasteiger partial charge in [0.2, 0.25) is 0 Å². The Morgan fingerprint density at radius 1 is 0.713 bits per heavy atom. The van der Waals surface area contributed by atoms with Crippen LogP contribution >= 0.6 is 0 Å². The fourth-order valence-corrected chi connectivity index (χ4v) is 9.31. The first kappa shape index (κ1) is 90.3. The summed E-state index contributed by atoms with van der Waals surface area (Å²) in [4.78, 5) is 2.50. The fourth-order valence-electron chi connectivity index (χ4n) is 9.31. The second-order valence-corrected chi connectivity index (χ2v) is 23.9. The average Bonchev–Trinajstić information content (AvgIpc) is 3.01. The zero-order valence-corrected chi connectivity index (χ0v) is 62.2. The summed E-state index contributed by atoms with van der Waals surface area (Å²) in [5.41, 5.74) is 17.6. The van der Waals surface area contributed by atoms with Crippen molar-refractivity contribution in [2.24, 2.45) is 29.1 Å². The summed E-state index contributed by atoms with van der Waals surface area (Å²) < 4.78 is 0. The predicted octanol–water partition coefficient (Wildman–Crippen LogP) is 25.6. The Kier molecular flexibility index (Phi) is 57.9. The van der Waals surface area contributed by atoms with Crippen LogP contribution in [0.5, 0.6) is 0 Å². The van der Waals surface area contributed by atoms with E-state index in [1.54, 1.807) is 0 Å². The van der Waals surface area contributed by atoms with Crippen LogP contribution in [0, 0.1) is 41.4 Å². The van der Waals surface area contributed by atoms with Gasteiger partial charge in [-0.25, -0.2) is 0 Å². The Morgan fingerprint density at radius 2 is 1.24 bits per heavy atom. The van der Waals surface area contributed by atoms with E-state index in [1.807, 2.05) is 48.5 Å². The first-order chi connectivity index (χ1) is 41.3. The van der Waals surface area contributed by atoms with E-state index >= 15 is 0 Å². The average molecular weight is 1200 g/mol. The molecule has 494 valence electrons. The minimum absolute atomic E-state index is 0.0819. The summed E-state index contributed by atoms with van der Waals surface area (Å²) in [5, 5.41) is 16.2. The predicted molar refractivity (Wildman–Crippen MR) is 405 cm³/mol. The van der Waals surface area contributed by atoms with E-state index in [9.17, 15) is 0 Å². The van der Waals surface area contributed by atoms with Crippen LogP contribution in [0.15, 0.2) is 170 Å². The molecule has 1 heterocycles. The molecule has 3 N–H and O–H groups in total. The molecule has 0 spiro atoms. The monoisotopic (exact) mass is 1200 g/mol. The van der Waals surface area contributed by atoms with Crippen molar-refractivity contribution in [3.8, 4) is 0 Å². The van der Waals surface area contributed by atoms with Crippen LogP contribution < -0.4 is 10.6 Å². The number of hydrogen-bond acceptors (Lipinski definition) is 4. The van der Waals surface area contributed by atoms with Crippen LogP contribution in [0.3, 0.4) is 0 Å². The maximum atomic E-state index is 9.12. The van der Waals surface area contributed by atoms with Crippen molar-refractivity contribution in [1.29, 1.82) is 5.41 Å². The van der Waals surface area contributed by atoms with Crippen molar-refractivity contribution in [3.05, 3.63) is 204 Å². The van der Waals surface area contributed by atoms with E-state index in [1.165, 1.54) is 102 Å². The Bertz CT molecular complexity index is 2370. The van der Waals surface area contributed by atoms with Crippen molar-refractivity contribution >= 4 is 16.9 Å². The van der Waals surface area contributed by atoms with Crippen molar-refractivity contribution in [2.45, 2.75) is 257 Å². The fraction of sp³-hybridized carbons (Fsp3) is 0.554. The highest BCUT2D eigenvalue weighted by Crippen LogP contribution is 2.38. The molecule has 0 radical (unpaired) electrons. The van der Waals surface area contributed by atoms with Crippen molar-refractivity contribution in [2.75, 3.05) is 19.6 Å². The Labute approximate surface area is 544 Å². The molecule has 4 rings (SSSR count). The van der Waals surface area contributed by atoms with E-state index in [-0.39, 0.29) is 11.3 Å². The topological polar surface area (TPSA) is 51.2 Å². The number of nitrogens with one attached hydrogen (secondary N) is 3. The number of rotatable bonds is 25. The number of benzene rings is 3. The molecule has 4 nitrogen and oxygen atoms in total. The van der Waals surface area contributed by atoms with Crippen LogP contribution in [-0.4, -0.2) is 36.3 Å². The van der Waals surface area contributed by atoms with Gasteiger partial charge in [0.05, 0.1) is 6.04 Å². The summed E-state index contributed by atoms with van der Waals surface area (Å²) in [6.07, 6.45) is 21.6. The Balaban J connectivity index is -0.000000377. The number of unbranched alkanes of at least 4 members (excludes halogenated alkanes) is 4. The highest BCUT2D eigenvalue weighted by molar-refractivity contribution is 6.02. The van der Waals surface area contributed by atoms with Gasteiger partial charge in [-0.15, -0.1) is 19.7 Å². The summed E-state index contributed by atoms with van der Waals surface area (Å²) in [7, 11) is 0. The first-order valence-corrected chi connectivity index (χ1v) is 34.3. The third kappa shape index (κ3) is 39.9. The number of hydrogen-bond donors (Lipinski definition) is 3. The van der Waals surface area contributed by atoms with E-state index in [4.69, 9.17) is 5.41 Å². The largest absolute Gasteiger partial charge is 0.383 e. The third-order valence-corrected chi connectivity index (χ3v) is 14.4. The molecule has 0 saturated carbocycles. The number of likely N-dealkylation sites (tertiary alicyclic amines) is 1. The second-order valence-electron chi connectivity index (χ2n) is 23.9. The molecule has 1 saturated heterocycles. The zero-order chi connectivity index (χ0) is 68.3. The van der Waals surface area contributed by atoms with Gasteiger partial charge >= 0.3 is 0 Å². The lowest BCUT2D eigenvalue weighted by Crippen LogP contribution is -2.38. The van der Waals surface area contributed by atoms with Crippen LogP contribution in [-0.2, 0) is 13.0 Å². The van der Waals surface area contributed by atoms with Gasteiger partial charge in [0.25, 0.3) is 0 Å². The van der Waals surface area contributed by atoms with Crippen LogP contribution in [0.1, 0.15) is 264 Å². The summed E-state index contributed by atoms with van der Waals surface area (Å²) in [6.45, 7) is 82.2. The van der Waals surface area contributed by atoms with E-state index < -0.39 is 0 Å². The lowest BCUT2D eigenvalue weighted by Gasteiger charge is -2.38. The highest BCUT2D eigenvalue weighted by Gasteiger charge is 2.36. The maximum absolute atomic E-state index is 9.12. The van der Waals surface area contributed by atoms with Crippen molar-refractivity contribution in [1.82, 2.24) is 15.5 Å². The molecule has 0 aromatic heterocycles. The number of allylic oxidation sites excluding steroid dienone is 10. The van der Waals surface area contributed by atoms with Crippen LogP contribution in [0.4, 0.5) is 0 Å². The molecule has 3 aromatic carbocycles. The summed E-state index contributed by atoms with van der Waals surface area (Å²) in [6, 6.07) is 26.2. The smallest absolute Gasteiger partial charge is 0.0682 e. The molecule has 1 aliphatic rings. The molecule has 4 atom stereocenters. The quantitative estimate of drug-likeness (QED) is 0.0343. The molecule has 4 heteroatoms. The van der Waals surface area contributed by atoms with Gasteiger partial charge in [-0.2, -0.15) is 0 Å². The molecular formula is C83H142N4. The third-order valence-electron chi connectivity index (χ3n) is 14.4. The standard InChI is InChI=1S/C31H40N2.C28H44N2.C7H16.C6H12.C3H8.3C2H6.C2H4/c1-8-12-28(30(21-33-10-3)31(32)26-17-15-23(6)16-18-26)29(22(4)5)19-24(7)27-14-11-13-25(9-2)20-27;1-19(2)15-21(4)26-13-11-25(12-14-26)17-29-23(6)27-16-20(3)18-30(27)24(7)22(5)28(8,9)10;1-3-5-7-6-4-2;1-4-5-6(2)3;1-3-2;4*1-2/h8,11-20,30,32-33H,4,9-10,21H2,1-3,5-7H3;11-15,19-20,22,27,29H,6-7,16-18H2,1-5,8-10H3;3-7H2,1-2H3;2,4-5H2,1,3H3;3H2,1-2H3;3*1-2H3;1-2H2/b12-8-,24-19+,29-28+,32-31?;21-15+;;;;;;;. The minimum Gasteiger partial charge on any atom is -0.383 e. The van der Waals surface area contributed by atoms with Crippen molar-refractivity contribution in [3.63, 3.8) is 0 Å². The summed E-state index contributed by atoms with van der Waals surface area (Å²) in [5.74, 6) is 1.59. The molecule has 1 aliphatic heterocycles. The molecule has 4 unspecified atom stereocenters. The van der Waals surface area contributed by atoms with Gasteiger partial charge in [0, 0.05) is 48.6 Å². The summed E-state index contributed by atoms with van der Waals surface area (Å²) >= 11 is 0. The van der Waals surface area contributed by atoms with E-state index in [0.29, 0.717) is 36.1 Å². The Morgan fingerprint density at radius 3 is 1.67 bits per heavy atom. The second kappa shape index (κ2) is 55.8. The van der Waals surface area contributed by atoms with Gasteiger partial charge < -0.3 is 20.9 Å². The molecule has 87 heavy (non-hydrogen) atoms. The molecule has 0 aliphatic carbocycles. The van der Waals surface area contributed by atoms with Crippen LogP contribution in [0.2, 0.25) is 0 Å². The molecule has 3 aromatic rings. The molecule has 1 fully saturated rings. The van der Waals surface area contributed by atoms with Gasteiger partial charge in [0.15, 0.2) is 0 Å². The molecular weight excluding hydrogens is 1050 g/mol. The lowest BCUT2D eigenvalue weighted by molar-refractivity contribution is 0.219. The zero-order valence-electron chi connectivity index (χ0n) is 62.2. The van der Waals surface area contributed by atoms with E-state index in [0.717, 1.165) is 60.5 Å². The van der Waals surface area contributed by atoms with Crippen LogP contribution in [0.25, 0.3) is 11.1 Å². The molecule has 0 bridgehead atoms. The van der Waals surface area contributed by atoms with Gasteiger partial charge in [-0.3, -0.25) is 0 Å². The van der Waals surface area contributed by atoms with Gasteiger partial charge in [-0.1, -0.05) is 317 Å². The number of nitrogens with zero attached hydrogens (tertiary/aromatic N) is 1. The lowest BCUT2D eigenvalue weighted by atomic mass is 9.80. The first-order valence-electron chi connectivity index (χ1n) is 34.3. The minimum atomic E-state index is -0.0819. The normalized spacial score (nSPS) is 14.3. The highest BCUT2D eigenvalue weighted by atomic mass is 15.2. The SMILES string of the molecule is C=C.C=C(C)C(/C=C(\C)c1cccc(CC)c1)=C(\C=C/C)C(CNCC)C(=N)c1ccc(C)cc1.C=C(C)CCC.C=C(NCc1ccc(/C(C)=C/C(C)C)cc1)C1CC(C)CN1C(=C)C(C)C(C)(C)C.CC.CC.CC.CCC.CCCCCCC.